The first-order valence-corrected chi connectivity index (χ1v) is 13.5. The van der Waals surface area contributed by atoms with E-state index in [4.69, 9.17) is 33.5 Å². The number of hydrogen-bond acceptors (Lipinski definition) is 12. The molecule has 0 aromatic heterocycles. The molecule has 0 aliphatic carbocycles. The van der Waals surface area contributed by atoms with Gasteiger partial charge in [0.2, 0.25) is 12.4 Å². The molecule has 0 bridgehead atoms. The van der Waals surface area contributed by atoms with E-state index >= 15 is 0 Å². The Hall–Kier alpha value is -4.91. The van der Waals surface area contributed by atoms with Crippen molar-refractivity contribution in [3.63, 3.8) is 0 Å². The maximum atomic E-state index is 12.2. The lowest BCUT2D eigenvalue weighted by Gasteiger charge is -2.44. The van der Waals surface area contributed by atoms with Crippen molar-refractivity contribution < 1.29 is 62.6 Å². The van der Waals surface area contributed by atoms with Gasteiger partial charge in [-0.25, -0.2) is 4.79 Å². The minimum absolute atomic E-state index is 0.137. The fraction of sp³-hybridized carbons (Fsp3) is 0.387. The van der Waals surface area contributed by atoms with Crippen LogP contribution in [-0.2, 0) is 54.1 Å². The van der Waals surface area contributed by atoms with Crippen molar-refractivity contribution in [1.82, 2.24) is 0 Å². The van der Waals surface area contributed by atoms with Crippen molar-refractivity contribution >= 4 is 35.9 Å². The van der Waals surface area contributed by atoms with Crippen LogP contribution in [-0.4, -0.2) is 77.4 Å². The molecule has 236 valence electrons. The highest BCUT2D eigenvalue weighted by Gasteiger charge is 2.53. The molecular formula is C31H34O13. The number of benzene rings is 2. The summed E-state index contributed by atoms with van der Waals surface area (Å²) < 4.78 is 33.7. The molecule has 2 aromatic carbocycles. The summed E-state index contributed by atoms with van der Waals surface area (Å²) >= 11 is 0. The van der Waals surface area contributed by atoms with Crippen LogP contribution in [0.3, 0.4) is 0 Å². The smallest absolute Gasteiger partial charge is 0.328 e. The van der Waals surface area contributed by atoms with E-state index in [2.05, 4.69) is 0 Å². The lowest BCUT2D eigenvalue weighted by atomic mass is 9.97. The van der Waals surface area contributed by atoms with E-state index in [1.807, 2.05) is 0 Å². The summed E-state index contributed by atoms with van der Waals surface area (Å²) in [5.74, 6) is -4.06. The van der Waals surface area contributed by atoms with E-state index in [0.29, 0.717) is 23.1 Å². The second-order valence-electron chi connectivity index (χ2n) is 10.0. The van der Waals surface area contributed by atoms with Crippen molar-refractivity contribution in [2.75, 3.05) is 6.61 Å². The molecule has 5 atom stereocenters. The van der Waals surface area contributed by atoms with Gasteiger partial charge in [0.25, 0.3) is 0 Å². The Morgan fingerprint density at radius 3 is 2.00 bits per heavy atom. The Morgan fingerprint density at radius 1 is 0.841 bits per heavy atom. The number of aromatic hydroxyl groups is 1. The number of carbonyl (C=O) groups excluding carboxylic acids is 4. The van der Waals surface area contributed by atoms with E-state index in [-0.39, 0.29) is 11.5 Å². The molecule has 13 nitrogen and oxygen atoms in total. The number of ether oxygens (including phenoxy) is 6. The van der Waals surface area contributed by atoms with E-state index in [1.54, 1.807) is 31.2 Å². The van der Waals surface area contributed by atoms with Gasteiger partial charge in [0.05, 0.1) is 0 Å². The molecule has 1 fully saturated rings. The Morgan fingerprint density at radius 2 is 1.43 bits per heavy atom. The first-order chi connectivity index (χ1) is 20.7. The average molecular weight is 615 g/mol. The predicted molar refractivity (Wildman–Crippen MR) is 151 cm³/mol. The number of aliphatic carboxylic acids is 1. The zero-order chi connectivity index (χ0) is 32.6. The summed E-state index contributed by atoms with van der Waals surface area (Å²) in [5.41, 5.74) is 2.75. The van der Waals surface area contributed by atoms with Crippen LogP contribution in [0.5, 0.6) is 11.5 Å². The standard InChI is InChI=1S/C31H34O13/c1-16-12-23(36)14-25(24(16)13-22-8-6-21(7-9-22)10-11-27(37)38)43-31-30(42-20(5)35)29(41-19(4)34)28(40-18(3)33)26(44-31)15-39-17(2)32/h6-12,14,26,28-31,36H,13,15H2,1-5H3,(H,37,38)/b11-10+/t26-,28-,29+,30-,31-/m1/s1. The highest BCUT2D eigenvalue weighted by atomic mass is 16.7. The van der Waals surface area contributed by atoms with Gasteiger partial charge in [-0.3, -0.25) is 19.2 Å². The van der Waals surface area contributed by atoms with Crippen molar-refractivity contribution in [3.8, 4) is 11.5 Å². The van der Waals surface area contributed by atoms with E-state index in [0.717, 1.165) is 32.4 Å². The summed E-state index contributed by atoms with van der Waals surface area (Å²) in [4.78, 5) is 58.7. The summed E-state index contributed by atoms with van der Waals surface area (Å²) in [6.07, 6.45) is -4.14. The summed E-state index contributed by atoms with van der Waals surface area (Å²) in [6.45, 7) is 5.84. The minimum atomic E-state index is -1.49. The molecule has 0 unspecified atom stereocenters. The molecule has 3 rings (SSSR count). The normalized spacial score (nSPS) is 21.2. The number of phenols is 1. The van der Waals surface area contributed by atoms with Crippen LogP contribution in [0.15, 0.2) is 42.5 Å². The van der Waals surface area contributed by atoms with Crippen LogP contribution in [0.2, 0.25) is 0 Å². The molecule has 0 spiro atoms. The third-order valence-corrected chi connectivity index (χ3v) is 6.39. The van der Waals surface area contributed by atoms with E-state index in [9.17, 15) is 29.1 Å². The molecule has 1 aliphatic rings. The van der Waals surface area contributed by atoms with Gasteiger partial charge in [0, 0.05) is 51.8 Å². The van der Waals surface area contributed by atoms with Crippen molar-refractivity contribution in [1.29, 1.82) is 0 Å². The van der Waals surface area contributed by atoms with Crippen LogP contribution < -0.4 is 4.74 Å². The van der Waals surface area contributed by atoms with Crippen LogP contribution in [0.25, 0.3) is 6.08 Å². The van der Waals surface area contributed by atoms with Gasteiger partial charge in [-0.05, 0) is 35.8 Å². The average Bonchev–Trinajstić information content (AvgIpc) is 2.91. The molecule has 0 radical (unpaired) electrons. The monoisotopic (exact) mass is 614 g/mol. The van der Waals surface area contributed by atoms with Crippen molar-refractivity contribution in [2.45, 2.75) is 71.7 Å². The third kappa shape index (κ3) is 9.56. The SMILES string of the molecule is CC(=O)OC[C@H]1O[C@@H](Oc2cc(O)cc(C)c2Cc2ccc(/C=C/C(=O)O)cc2)[C@H](OC(C)=O)[C@@H](OC(C)=O)[C@@H]1OC(C)=O. The number of hydrogen-bond donors (Lipinski definition) is 2. The second kappa shape index (κ2) is 15.0. The van der Waals surface area contributed by atoms with Gasteiger partial charge in [-0.15, -0.1) is 0 Å². The van der Waals surface area contributed by atoms with Gasteiger partial charge in [0.1, 0.15) is 24.2 Å². The number of esters is 4. The molecule has 1 saturated heterocycles. The molecule has 44 heavy (non-hydrogen) atoms. The zero-order valence-corrected chi connectivity index (χ0v) is 24.8. The van der Waals surface area contributed by atoms with Gasteiger partial charge >= 0.3 is 29.8 Å². The Balaban J connectivity index is 2.03. The number of phenolic OH excluding ortho intramolecular Hbond substituents is 1. The maximum absolute atomic E-state index is 12.2. The molecule has 2 N–H and O–H groups in total. The number of carbonyl (C=O) groups is 5. The summed E-state index contributed by atoms with van der Waals surface area (Å²) in [5, 5.41) is 19.3. The third-order valence-electron chi connectivity index (χ3n) is 6.39. The Kier molecular flexibility index (Phi) is 11.5. The van der Waals surface area contributed by atoms with Crippen molar-refractivity contribution in [2.24, 2.45) is 0 Å². The second-order valence-corrected chi connectivity index (χ2v) is 10.0. The summed E-state index contributed by atoms with van der Waals surface area (Å²) in [7, 11) is 0. The highest BCUT2D eigenvalue weighted by Crippen LogP contribution is 2.35. The molecule has 13 heteroatoms. The quantitative estimate of drug-likeness (QED) is 0.214. The zero-order valence-electron chi connectivity index (χ0n) is 24.8. The number of aryl methyl sites for hydroxylation is 1. The fourth-order valence-corrected chi connectivity index (χ4v) is 4.63. The molecule has 0 amide bonds. The van der Waals surface area contributed by atoms with Gasteiger partial charge < -0.3 is 38.6 Å². The van der Waals surface area contributed by atoms with Crippen LogP contribution in [0, 0.1) is 6.92 Å². The lowest BCUT2D eigenvalue weighted by Crippen LogP contribution is -2.63. The molecule has 1 heterocycles. The van der Waals surface area contributed by atoms with Crippen molar-refractivity contribution in [3.05, 3.63) is 64.7 Å². The number of rotatable bonds is 11. The molecule has 1 aliphatic heterocycles. The van der Waals surface area contributed by atoms with Crippen LogP contribution in [0.1, 0.15) is 49.9 Å². The Labute approximate surface area is 253 Å². The lowest BCUT2D eigenvalue weighted by molar-refractivity contribution is -0.288. The summed E-state index contributed by atoms with van der Waals surface area (Å²) in [6, 6.07) is 9.94. The fourth-order valence-electron chi connectivity index (χ4n) is 4.63. The molecular weight excluding hydrogens is 580 g/mol. The van der Waals surface area contributed by atoms with Gasteiger partial charge in [-0.2, -0.15) is 0 Å². The Bertz CT molecular complexity index is 1410. The first-order valence-electron chi connectivity index (χ1n) is 13.5. The topological polar surface area (TPSA) is 181 Å². The minimum Gasteiger partial charge on any atom is -0.508 e. The van der Waals surface area contributed by atoms with E-state index in [1.165, 1.54) is 25.1 Å². The number of carboxylic acids is 1. The molecule has 0 saturated carbocycles. The van der Waals surface area contributed by atoms with E-state index < -0.39 is 67.2 Å². The highest BCUT2D eigenvalue weighted by molar-refractivity contribution is 5.85. The maximum Gasteiger partial charge on any atom is 0.328 e. The number of carboxylic acid groups (broad SMARTS) is 1. The van der Waals surface area contributed by atoms with Gasteiger partial charge in [0.15, 0.2) is 12.2 Å². The predicted octanol–water partition coefficient (Wildman–Crippen LogP) is 2.85. The first kappa shape index (κ1) is 33.6. The molecule has 2 aromatic rings. The largest absolute Gasteiger partial charge is 0.508 e. The van der Waals surface area contributed by atoms with Gasteiger partial charge in [-0.1, -0.05) is 24.3 Å². The van der Waals surface area contributed by atoms with Crippen LogP contribution in [0.4, 0.5) is 0 Å². The van der Waals surface area contributed by atoms with Crippen LogP contribution >= 0.6 is 0 Å².